The van der Waals surface area contributed by atoms with Gasteiger partial charge in [0, 0.05) is 24.7 Å². The molecule has 2 aliphatic rings. The highest BCUT2D eigenvalue weighted by Crippen LogP contribution is 2.48. The number of hydrogen-bond donors (Lipinski definition) is 1. The standard InChI is InChI=1S/C16H32N2/c1-12-8-14(3)18(10-12)16(11-17)7-6-15(4,5)9-13(16)2/h12-14H,6-11,17H2,1-5H3. The summed E-state index contributed by atoms with van der Waals surface area (Å²) in [5.74, 6) is 1.56. The van der Waals surface area contributed by atoms with Crippen LogP contribution in [0.2, 0.25) is 0 Å². The number of nitrogens with zero attached hydrogens (tertiary/aromatic N) is 1. The first-order valence-electron chi connectivity index (χ1n) is 7.77. The molecular formula is C16H32N2. The maximum absolute atomic E-state index is 6.26. The summed E-state index contributed by atoms with van der Waals surface area (Å²) in [5.41, 5.74) is 7.05. The van der Waals surface area contributed by atoms with Gasteiger partial charge in [0.15, 0.2) is 0 Å². The molecular weight excluding hydrogens is 220 g/mol. The molecule has 1 aliphatic carbocycles. The largest absolute Gasteiger partial charge is 0.329 e. The van der Waals surface area contributed by atoms with Gasteiger partial charge < -0.3 is 5.73 Å². The smallest absolute Gasteiger partial charge is 0.0360 e. The molecule has 1 saturated heterocycles. The van der Waals surface area contributed by atoms with Crippen LogP contribution in [0.3, 0.4) is 0 Å². The van der Waals surface area contributed by atoms with Crippen molar-refractivity contribution in [3.63, 3.8) is 0 Å². The maximum atomic E-state index is 6.26. The summed E-state index contributed by atoms with van der Waals surface area (Å²) in [6.45, 7) is 14.1. The Hall–Kier alpha value is -0.0800. The molecule has 0 spiro atoms. The molecule has 2 nitrogen and oxygen atoms in total. The van der Waals surface area contributed by atoms with Gasteiger partial charge in [0.05, 0.1) is 0 Å². The third-order valence-electron chi connectivity index (χ3n) is 5.72. The Kier molecular flexibility index (Phi) is 3.81. The van der Waals surface area contributed by atoms with Crippen molar-refractivity contribution in [2.75, 3.05) is 13.1 Å². The molecule has 1 heterocycles. The average molecular weight is 252 g/mol. The lowest BCUT2D eigenvalue weighted by molar-refractivity contribution is -0.0275. The van der Waals surface area contributed by atoms with Crippen molar-refractivity contribution in [3.05, 3.63) is 0 Å². The van der Waals surface area contributed by atoms with E-state index in [1.807, 2.05) is 0 Å². The van der Waals surface area contributed by atoms with E-state index in [2.05, 4.69) is 39.5 Å². The molecule has 0 aromatic rings. The van der Waals surface area contributed by atoms with Crippen molar-refractivity contribution in [1.82, 2.24) is 4.90 Å². The second kappa shape index (κ2) is 4.79. The third kappa shape index (κ3) is 2.34. The molecule has 1 saturated carbocycles. The first-order valence-corrected chi connectivity index (χ1v) is 7.77. The summed E-state index contributed by atoms with van der Waals surface area (Å²) in [7, 11) is 0. The van der Waals surface area contributed by atoms with Gasteiger partial charge in [0.25, 0.3) is 0 Å². The van der Waals surface area contributed by atoms with Gasteiger partial charge in [-0.1, -0.05) is 27.7 Å². The molecule has 0 aromatic heterocycles. The molecule has 4 atom stereocenters. The summed E-state index contributed by atoms with van der Waals surface area (Å²) in [4.78, 5) is 2.76. The average Bonchev–Trinajstić information content (AvgIpc) is 2.58. The monoisotopic (exact) mass is 252 g/mol. The molecule has 0 amide bonds. The Balaban J connectivity index is 2.21. The van der Waals surface area contributed by atoms with E-state index < -0.39 is 0 Å². The number of nitrogens with two attached hydrogens (primary N) is 1. The van der Waals surface area contributed by atoms with Gasteiger partial charge in [-0.3, -0.25) is 4.90 Å². The minimum atomic E-state index is 0.277. The molecule has 0 bridgehead atoms. The molecule has 106 valence electrons. The quantitative estimate of drug-likeness (QED) is 0.817. The molecule has 0 aromatic carbocycles. The lowest BCUT2D eigenvalue weighted by Crippen LogP contribution is -2.61. The van der Waals surface area contributed by atoms with Crippen LogP contribution in [-0.2, 0) is 0 Å². The zero-order valence-electron chi connectivity index (χ0n) is 13.0. The molecule has 0 radical (unpaired) electrons. The summed E-state index contributed by atoms with van der Waals surface area (Å²) in [6, 6.07) is 0.715. The zero-order chi connectivity index (χ0) is 13.6. The minimum Gasteiger partial charge on any atom is -0.329 e. The Bertz CT molecular complexity index is 299. The van der Waals surface area contributed by atoms with Crippen LogP contribution in [-0.4, -0.2) is 29.6 Å². The van der Waals surface area contributed by atoms with Crippen LogP contribution in [0.25, 0.3) is 0 Å². The highest BCUT2D eigenvalue weighted by atomic mass is 15.3. The predicted octanol–water partition coefficient (Wildman–Crippen LogP) is 3.26. The van der Waals surface area contributed by atoms with Crippen LogP contribution in [0.5, 0.6) is 0 Å². The van der Waals surface area contributed by atoms with E-state index in [0.29, 0.717) is 11.5 Å². The number of hydrogen-bond acceptors (Lipinski definition) is 2. The highest BCUT2D eigenvalue weighted by Gasteiger charge is 2.49. The van der Waals surface area contributed by atoms with Crippen LogP contribution >= 0.6 is 0 Å². The lowest BCUT2D eigenvalue weighted by Gasteiger charge is -2.54. The fraction of sp³-hybridized carbons (Fsp3) is 1.00. The highest BCUT2D eigenvalue weighted by molar-refractivity contribution is 5.05. The van der Waals surface area contributed by atoms with Gasteiger partial charge in [-0.05, 0) is 49.9 Å². The van der Waals surface area contributed by atoms with Crippen molar-refractivity contribution in [1.29, 1.82) is 0 Å². The predicted molar refractivity (Wildman–Crippen MR) is 78.5 cm³/mol. The Morgan fingerprint density at radius 2 is 1.83 bits per heavy atom. The van der Waals surface area contributed by atoms with Crippen LogP contribution in [0.4, 0.5) is 0 Å². The third-order valence-corrected chi connectivity index (χ3v) is 5.72. The Morgan fingerprint density at radius 3 is 2.28 bits per heavy atom. The van der Waals surface area contributed by atoms with Gasteiger partial charge in [0.2, 0.25) is 0 Å². The van der Waals surface area contributed by atoms with Crippen molar-refractivity contribution in [3.8, 4) is 0 Å². The second-order valence-electron chi connectivity index (χ2n) is 7.92. The molecule has 2 fully saturated rings. The van der Waals surface area contributed by atoms with Crippen molar-refractivity contribution >= 4 is 0 Å². The summed E-state index contributed by atoms with van der Waals surface area (Å²) in [6.07, 6.45) is 5.28. The van der Waals surface area contributed by atoms with E-state index in [-0.39, 0.29) is 5.54 Å². The Labute approximate surface area is 113 Å². The Morgan fingerprint density at radius 1 is 1.17 bits per heavy atom. The molecule has 2 rings (SSSR count). The van der Waals surface area contributed by atoms with Gasteiger partial charge in [-0.25, -0.2) is 0 Å². The summed E-state index contributed by atoms with van der Waals surface area (Å²) >= 11 is 0. The van der Waals surface area contributed by atoms with E-state index in [4.69, 9.17) is 5.73 Å². The minimum absolute atomic E-state index is 0.277. The second-order valence-corrected chi connectivity index (χ2v) is 7.92. The van der Waals surface area contributed by atoms with E-state index in [1.54, 1.807) is 0 Å². The maximum Gasteiger partial charge on any atom is 0.0360 e. The summed E-state index contributed by atoms with van der Waals surface area (Å²) in [5, 5.41) is 0. The fourth-order valence-corrected chi connectivity index (χ4v) is 4.69. The van der Waals surface area contributed by atoms with Crippen LogP contribution in [0.15, 0.2) is 0 Å². The first kappa shape index (κ1) is 14.3. The molecule has 2 N–H and O–H groups in total. The van der Waals surface area contributed by atoms with Gasteiger partial charge in [-0.15, -0.1) is 0 Å². The fourth-order valence-electron chi connectivity index (χ4n) is 4.69. The topological polar surface area (TPSA) is 29.3 Å². The normalized spacial score (nSPS) is 45.3. The molecule has 4 unspecified atom stereocenters. The molecule has 2 heteroatoms. The van der Waals surface area contributed by atoms with E-state index in [9.17, 15) is 0 Å². The first-order chi connectivity index (χ1) is 8.31. The van der Waals surface area contributed by atoms with Crippen LogP contribution < -0.4 is 5.73 Å². The van der Waals surface area contributed by atoms with Gasteiger partial charge >= 0.3 is 0 Å². The van der Waals surface area contributed by atoms with Crippen molar-refractivity contribution in [2.45, 2.75) is 71.9 Å². The molecule has 18 heavy (non-hydrogen) atoms. The van der Waals surface area contributed by atoms with Gasteiger partial charge in [0.1, 0.15) is 0 Å². The van der Waals surface area contributed by atoms with E-state index in [1.165, 1.54) is 32.2 Å². The molecule has 1 aliphatic heterocycles. The lowest BCUT2D eigenvalue weighted by atomic mass is 9.63. The number of likely N-dealkylation sites (tertiary alicyclic amines) is 1. The van der Waals surface area contributed by atoms with E-state index >= 15 is 0 Å². The zero-order valence-corrected chi connectivity index (χ0v) is 13.0. The van der Waals surface area contributed by atoms with Crippen molar-refractivity contribution in [2.24, 2.45) is 23.0 Å². The van der Waals surface area contributed by atoms with Crippen LogP contribution in [0.1, 0.15) is 60.3 Å². The van der Waals surface area contributed by atoms with Gasteiger partial charge in [-0.2, -0.15) is 0 Å². The van der Waals surface area contributed by atoms with Crippen molar-refractivity contribution < 1.29 is 0 Å². The van der Waals surface area contributed by atoms with E-state index in [0.717, 1.165) is 18.4 Å². The van der Waals surface area contributed by atoms with Crippen LogP contribution in [0, 0.1) is 17.3 Å². The number of rotatable bonds is 2. The summed E-state index contributed by atoms with van der Waals surface area (Å²) < 4.78 is 0. The SMILES string of the molecule is CC1CC(C)N(C2(CN)CCC(C)(C)CC2C)C1.